The van der Waals surface area contributed by atoms with E-state index < -0.39 is 5.82 Å². The third-order valence-electron chi connectivity index (χ3n) is 3.19. The molecule has 2 aromatic carbocycles. The van der Waals surface area contributed by atoms with Gasteiger partial charge < -0.3 is 0 Å². The lowest BCUT2D eigenvalue weighted by Crippen LogP contribution is -2.08. The van der Waals surface area contributed by atoms with Crippen molar-refractivity contribution in [2.75, 3.05) is 0 Å². The maximum Gasteiger partial charge on any atom is 0.193 e. The summed E-state index contributed by atoms with van der Waals surface area (Å²) >= 11 is 3.49. The molecule has 0 saturated heterocycles. The Bertz CT molecular complexity index is 662. The molecule has 0 bridgehead atoms. The number of hydrogen-bond donors (Lipinski definition) is 0. The number of carbonyl (C=O) groups excluding carboxylic acids is 1. The molecule has 98 valence electrons. The largest absolute Gasteiger partial charge is 0.289 e. The predicted octanol–water partition coefficient (Wildman–Crippen LogP) is 4.74. The van der Waals surface area contributed by atoms with Crippen LogP contribution >= 0.6 is 15.9 Å². The molecule has 0 saturated carbocycles. The molecule has 0 radical (unpaired) electrons. The van der Waals surface area contributed by atoms with Crippen molar-refractivity contribution in [1.82, 2.24) is 0 Å². The van der Waals surface area contributed by atoms with E-state index in [0.29, 0.717) is 11.1 Å². The van der Waals surface area contributed by atoms with Crippen LogP contribution in [0, 0.1) is 26.6 Å². The van der Waals surface area contributed by atoms with Gasteiger partial charge in [0, 0.05) is 15.6 Å². The van der Waals surface area contributed by atoms with Crippen LogP contribution in [0.2, 0.25) is 0 Å². The molecule has 0 amide bonds. The molecule has 0 aromatic heterocycles. The van der Waals surface area contributed by atoms with Crippen molar-refractivity contribution in [3.63, 3.8) is 0 Å². The van der Waals surface area contributed by atoms with Gasteiger partial charge in [0.15, 0.2) is 5.78 Å². The molecule has 0 fully saturated rings. The van der Waals surface area contributed by atoms with E-state index in [1.54, 1.807) is 12.1 Å². The molecule has 0 unspecified atom stereocenters. The zero-order valence-corrected chi connectivity index (χ0v) is 12.6. The van der Waals surface area contributed by atoms with Gasteiger partial charge in [-0.2, -0.15) is 0 Å². The first-order valence-electron chi connectivity index (χ1n) is 5.98. The lowest BCUT2D eigenvalue weighted by molar-refractivity contribution is 0.103. The molecule has 3 heteroatoms. The van der Waals surface area contributed by atoms with Crippen LogP contribution in [0.3, 0.4) is 0 Å². The molecular formula is C16H14BrFO. The normalized spacial score (nSPS) is 10.6. The summed E-state index contributed by atoms with van der Waals surface area (Å²) in [5, 5.41) is 0. The molecular weight excluding hydrogens is 307 g/mol. The fraction of sp³-hybridized carbons (Fsp3) is 0.188. The third-order valence-corrected chi connectivity index (χ3v) is 4.41. The molecule has 19 heavy (non-hydrogen) atoms. The summed E-state index contributed by atoms with van der Waals surface area (Å²) in [5.41, 5.74) is 3.91. The van der Waals surface area contributed by atoms with Crippen molar-refractivity contribution < 1.29 is 9.18 Å². The topological polar surface area (TPSA) is 17.1 Å². The summed E-state index contributed by atoms with van der Waals surface area (Å²) < 4.78 is 14.2. The molecule has 2 aromatic rings. The average Bonchev–Trinajstić information content (AvgIpc) is 2.36. The summed E-state index contributed by atoms with van der Waals surface area (Å²) in [4.78, 5) is 12.5. The number of benzene rings is 2. The highest BCUT2D eigenvalue weighted by Crippen LogP contribution is 2.28. The van der Waals surface area contributed by atoms with Crippen LogP contribution in [-0.2, 0) is 0 Å². The van der Waals surface area contributed by atoms with Crippen molar-refractivity contribution in [3.8, 4) is 0 Å². The van der Waals surface area contributed by atoms with E-state index in [4.69, 9.17) is 0 Å². The quantitative estimate of drug-likeness (QED) is 0.730. The zero-order chi connectivity index (χ0) is 14.2. The number of hydrogen-bond acceptors (Lipinski definition) is 1. The maximum atomic E-state index is 13.2. The van der Waals surface area contributed by atoms with Crippen LogP contribution in [0.15, 0.2) is 34.8 Å². The Hall–Kier alpha value is -1.48. The number of aryl methyl sites for hydroxylation is 2. The average molecular weight is 321 g/mol. The van der Waals surface area contributed by atoms with Crippen LogP contribution in [0.4, 0.5) is 4.39 Å². The minimum atomic E-state index is -0.396. The Morgan fingerprint density at radius 2 is 1.79 bits per heavy atom. The number of rotatable bonds is 2. The molecule has 1 nitrogen and oxygen atoms in total. The molecule has 0 heterocycles. The summed E-state index contributed by atoms with van der Waals surface area (Å²) in [6.07, 6.45) is 0. The second kappa shape index (κ2) is 5.25. The molecule has 0 N–H and O–H groups in total. The van der Waals surface area contributed by atoms with Gasteiger partial charge in [0.05, 0.1) is 0 Å². The Balaban J connectivity index is 2.60. The van der Waals surface area contributed by atoms with Crippen molar-refractivity contribution in [1.29, 1.82) is 0 Å². The highest BCUT2D eigenvalue weighted by atomic mass is 79.9. The Kier molecular flexibility index (Phi) is 3.85. The summed E-state index contributed by atoms with van der Waals surface area (Å²) in [6.45, 7) is 5.79. The first-order chi connectivity index (χ1) is 8.91. The van der Waals surface area contributed by atoms with Crippen molar-refractivity contribution in [3.05, 3.63) is 68.4 Å². The second-order valence-electron chi connectivity index (χ2n) is 4.66. The van der Waals surface area contributed by atoms with Gasteiger partial charge in [-0.05, 0) is 49.6 Å². The van der Waals surface area contributed by atoms with Crippen LogP contribution in [0.1, 0.15) is 32.6 Å². The summed E-state index contributed by atoms with van der Waals surface area (Å²) in [7, 11) is 0. The molecule has 2 rings (SSSR count). The van der Waals surface area contributed by atoms with Crippen LogP contribution in [0.25, 0.3) is 0 Å². The summed E-state index contributed by atoms with van der Waals surface area (Å²) in [5.74, 6) is -0.539. The fourth-order valence-electron chi connectivity index (χ4n) is 2.28. The maximum absolute atomic E-state index is 13.2. The van der Waals surface area contributed by atoms with Gasteiger partial charge in [-0.25, -0.2) is 4.39 Å². The second-order valence-corrected chi connectivity index (χ2v) is 5.46. The zero-order valence-electron chi connectivity index (χ0n) is 11.1. The first kappa shape index (κ1) is 13.9. The SMILES string of the molecule is Cc1cc(C)c(C(=O)c2cccc(F)c2)c(C)c1Br. The van der Waals surface area contributed by atoms with Gasteiger partial charge in [-0.1, -0.05) is 34.1 Å². The van der Waals surface area contributed by atoms with E-state index in [1.165, 1.54) is 12.1 Å². The predicted molar refractivity (Wildman–Crippen MR) is 78.2 cm³/mol. The fourth-order valence-corrected chi connectivity index (χ4v) is 2.60. The lowest BCUT2D eigenvalue weighted by Gasteiger charge is -2.13. The molecule has 0 aliphatic rings. The van der Waals surface area contributed by atoms with E-state index in [9.17, 15) is 9.18 Å². The Morgan fingerprint density at radius 1 is 1.11 bits per heavy atom. The lowest BCUT2D eigenvalue weighted by atomic mass is 9.93. The van der Waals surface area contributed by atoms with E-state index >= 15 is 0 Å². The monoisotopic (exact) mass is 320 g/mol. The van der Waals surface area contributed by atoms with E-state index in [2.05, 4.69) is 15.9 Å². The van der Waals surface area contributed by atoms with E-state index in [-0.39, 0.29) is 5.78 Å². The van der Waals surface area contributed by atoms with Crippen molar-refractivity contribution >= 4 is 21.7 Å². The van der Waals surface area contributed by atoms with Gasteiger partial charge in [-0.15, -0.1) is 0 Å². The van der Waals surface area contributed by atoms with Crippen LogP contribution in [-0.4, -0.2) is 5.78 Å². The molecule has 0 aliphatic carbocycles. The Morgan fingerprint density at radius 3 is 2.42 bits per heavy atom. The van der Waals surface area contributed by atoms with Gasteiger partial charge in [0.25, 0.3) is 0 Å². The highest BCUT2D eigenvalue weighted by molar-refractivity contribution is 9.10. The van der Waals surface area contributed by atoms with E-state index in [1.807, 2.05) is 26.8 Å². The number of ketones is 1. The third kappa shape index (κ3) is 2.61. The summed E-state index contributed by atoms with van der Waals surface area (Å²) in [6, 6.07) is 7.76. The molecule has 0 spiro atoms. The van der Waals surface area contributed by atoms with Crippen LogP contribution < -0.4 is 0 Å². The number of halogens is 2. The van der Waals surface area contributed by atoms with Crippen molar-refractivity contribution in [2.45, 2.75) is 20.8 Å². The van der Waals surface area contributed by atoms with Crippen LogP contribution in [0.5, 0.6) is 0 Å². The van der Waals surface area contributed by atoms with Gasteiger partial charge in [0.2, 0.25) is 0 Å². The van der Waals surface area contributed by atoms with Gasteiger partial charge in [-0.3, -0.25) is 4.79 Å². The molecule has 0 aliphatic heterocycles. The van der Waals surface area contributed by atoms with E-state index in [0.717, 1.165) is 21.2 Å². The van der Waals surface area contributed by atoms with Gasteiger partial charge >= 0.3 is 0 Å². The number of carbonyl (C=O) groups is 1. The highest BCUT2D eigenvalue weighted by Gasteiger charge is 2.17. The van der Waals surface area contributed by atoms with Crippen molar-refractivity contribution in [2.24, 2.45) is 0 Å². The minimum Gasteiger partial charge on any atom is -0.289 e. The standard InChI is InChI=1S/C16H14BrFO/c1-9-7-10(2)15(17)11(3)14(9)16(19)12-5-4-6-13(18)8-12/h4-8H,1-3H3. The van der Waals surface area contributed by atoms with Gasteiger partial charge in [0.1, 0.15) is 5.82 Å². The Labute approximate surface area is 120 Å². The smallest absolute Gasteiger partial charge is 0.193 e. The first-order valence-corrected chi connectivity index (χ1v) is 6.77. The minimum absolute atomic E-state index is 0.143. The molecule has 0 atom stereocenters.